The van der Waals surface area contributed by atoms with E-state index in [9.17, 15) is 4.79 Å². The third-order valence-electron chi connectivity index (χ3n) is 0.853. The van der Waals surface area contributed by atoms with Gasteiger partial charge in [0.2, 0.25) is 0 Å². The smallest absolute Gasteiger partial charge is 0.151 e. The van der Waals surface area contributed by atoms with E-state index >= 15 is 0 Å². The van der Waals surface area contributed by atoms with Crippen molar-refractivity contribution < 1.29 is 15.0 Å². The predicted molar refractivity (Wildman–Crippen MR) is 28.4 cm³/mol. The van der Waals surface area contributed by atoms with Crippen molar-refractivity contribution in [1.82, 2.24) is 0 Å². The van der Waals surface area contributed by atoms with Crippen LogP contribution in [0.15, 0.2) is 0 Å². The van der Waals surface area contributed by atoms with Crippen molar-refractivity contribution in [3.05, 3.63) is 0 Å². The molecule has 48 valence electrons. The summed E-state index contributed by atoms with van der Waals surface area (Å²) in [6.45, 7) is 2.73. The van der Waals surface area contributed by atoms with Gasteiger partial charge in [-0.3, -0.25) is 0 Å². The molecule has 0 aliphatic carbocycles. The average Bonchev–Trinajstić information content (AvgIpc) is 1.62. The standard InChI is InChI=1S/C5H10O3/c1-5(2,8)4(7)3-6/h3-4,7-8H,1-2H3. The first-order valence-corrected chi connectivity index (χ1v) is 2.34. The Morgan fingerprint density at radius 1 is 1.62 bits per heavy atom. The van der Waals surface area contributed by atoms with E-state index in [0.717, 1.165) is 0 Å². The summed E-state index contributed by atoms with van der Waals surface area (Å²) < 4.78 is 0. The minimum Gasteiger partial charge on any atom is -0.387 e. The maximum atomic E-state index is 9.74. The monoisotopic (exact) mass is 118 g/mol. The second-order valence-corrected chi connectivity index (χ2v) is 2.23. The summed E-state index contributed by atoms with van der Waals surface area (Å²) in [5.41, 5.74) is -1.30. The Labute approximate surface area is 47.9 Å². The SMILES string of the molecule is CC(C)(O)C(O)C=O. The molecule has 2 N–H and O–H groups in total. The molecule has 1 unspecified atom stereocenters. The van der Waals surface area contributed by atoms with E-state index < -0.39 is 11.7 Å². The van der Waals surface area contributed by atoms with Crippen LogP contribution in [-0.4, -0.2) is 28.2 Å². The van der Waals surface area contributed by atoms with Crippen LogP contribution in [0.2, 0.25) is 0 Å². The number of carbonyl (C=O) groups excluding carboxylic acids is 1. The molecule has 0 fully saturated rings. The molecule has 0 aromatic carbocycles. The van der Waals surface area contributed by atoms with Crippen molar-refractivity contribution in [3.63, 3.8) is 0 Å². The van der Waals surface area contributed by atoms with Crippen LogP contribution in [0.4, 0.5) is 0 Å². The molecule has 0 spiro atoms. The Kier molecular flexibility index (Phi) is 2.12. The van der Waals surface area contributed by atoms with E-state index in [4.69, 9.17) is 10.2 Å². The van der Waals surface area contributed by atoms with Crippen molar-refractivity contribution in [2.24, 2.45) is 0 Å². The minimum absolute atomic E-state index is 0.306. The van der Waals surface area contributed by atoms with Gasteiger partial charge < -0.3 is 15.0 Å². The lowest BCUT2D eigenvalue weighted by molar-refractivity contribution is -0.126. The highest BCUT2D eigenvalue weighted by Crippen LogP contribution is 2.04. The minimum atomic E-state index is -1.30. The number of aldehydes is 1. The maximum absolute atomic E-state index is 9.74. The summed E-state index contributed by atoms with van der Waals surface area (Å²) in [5.74, 6) is 0. The van der Waals surface area contributed by atoms with Crippen LogP contribution in [0.5, 0.6) is 0 Å². The first-order chi connectivity index (χ1) is 3.48. The fraction of sp³-hybridized carbons (Fsp3) is 0.800. The first kappa shape index (κ1) is 7.59. The lowest BCUT2D eigenvalue weighted by Crippen LogP contribution is -2.36. The number of hydrogen-bond acceptors (Lipinski definition) is 3. The lowest BCUT2D eigenvalue weighted by atomic mass is 10.0. The van der Waals surface area contributed by atoms with E-state index in [2.05, 4.69) is 0 Å². The van der Waals surface area contributed by atoms with Gasteiger partial charge in [0.25, 0.3) is 0 Å². The zero-order valence-corrected chi connectivity index (χ0v) is 4.96. The van der Waals surface area contributed by atoms with Crippen LogP contribution in [-0.2, 0) is 4.79 Å². The van der Waals surface area contributed by atoms with Gasteiger partial charge in [-0.15, -0.1) is 0 Å². The van der Waals surface area contributed by atoms with Crippen LogP contribution < -0.4 is 0 Å². The Bertz CT molecular complexity index is 82.2. The Hall–Kier alpha value is -0.410. The zero-order chi connectivity index (χ0) is 6.78. The van der Waals surface area contributed by atoms with Crippen molar-refractivity contribution >= 4 is 6.29 Å². The highest BCUT2D eigenvalue weighted by atomic mass is 16.3. The molecule has 0 rings (SSSR count). The quantitative estimate of drug-likeness (QED) is 0.472. The fourth-order valence-electron chi connectivity index (χ4n) is 0.167. The maximum Gasteiger partial charge on any atom is 0.151 e. The number of aliphatic hydroxyl groups is 2. The van der Waals surface area contributed by atoms with Gasteiger partial charge in [-0.1, -0.05) is 0 Å². The Morgan fingerprint density at radius 2 is 2.00 bits per heavy atom. The highest BCUT2D eigenvalue weighted by Gasteiger charge is 2.22. The number of aliphatic hydroxyl groups excluding tert-OH is 1. The molecule has 0 aliphatic heterocycles. The first-order valence-electron chi connectivity index (χ1n) is 2.34. The third kappa shape index (κ3) is 2.04. The summed E-state index contributed by atoms with van der Waals surface area (Å²) in [7, 11) is 0. The highest BCUT2D eigenvalue weighted by molar-refractivity contribution is 5.57. The van der Waals surface area contributed by atoms with Gasteiger partial charge >= 0.3 is 0 Å². The van der Waals surface area contributed by atoms with Crippen molar-refractivity contribution in [1.29, 1.82) is 0 Å². The van der Waals surface area contributed by atoms with Crippen LogP contribution in [0.25, 0.3) is 0 Å². The number of rotatable bonds is 2. The predicted octanol–water partition coefficient (Wildman–Crippen LogP) is -0.683. The van der Waals surface area contributed by atoms with Gasteiger partial charge in [-0.05, 0) is 13.8 Å². The van der Waals surface area contributed by atoms with E-state index in [1.54, 1.807) is 0 Å². The van der Waals surface area contributed by atoms with Crippen molar-refractivity contribution in [3.8, 4) is 0 Å². The van der Waals surface area contributed by atoms with E-state index in [-0.39, 0.29) is 0 Å². The Morgan fingerprint density at radius 3 is 2.00 bits per heavy atom. The van der Waals surface area contributed by atoms with Crippen LogP contribution in [0, 0.1) is 0 Å². The molecule has 0 heterocycles. The average molecular weight is 118 g/mol. The number of carbonyl (C=O) groups is 1. The second-order valence-electron chi connectivity index (χ2n) is 2.23. The molecule has 0 aliphatic rings. The summed E-state index contributed by atoms with van der Waals surface area (Å²) in [4.78, 5) is 9.74. The van der Waals surface area contributed by atoms with E-state index in [1.807, 2.05) is 0 Å². The molecule has 0 saturated heterocycles. The Balaban J connectivity index is 3.80. The molecule has 0 aromatic heterocycles. The molecule has 3 heteroatoms. The molecule has 8 heavy (non-hydrogen) atoms. The second kappa shape index (κ2) is 2.24. The summed E-state index contributed by atoms with van der Waals surface area (Å²) in [6, 6.07) is 0. The molecule has 1 atom stereocenters. The van der Waals surface area contributed by atoms with Gasteiger partial charge in [0.05, 0.1) is 5.60 Å². The van der Waals surface area contributed by atoms with E-state index in [0.29, 0.717) is 6.29 Å². The largest absolute Gasteiger partial charge is 0.387 e. The zero-order valence-electron chi connectivity index (χ0n) is 4.96. The molecule has 0 amide bonds. The van der Waals surface area contributed by atoms with Gasteiger partial charge in [-0.2, -0.15) is 0 Å². The van der Waals surface area contributed by atoms with Crippen molar-refractivity contribution in [2.45, 2.75) is 25.6 Å². The van der Waals surface area contributed by atoms with Gasteiger partial charge in [0.15, 0.2) is 6.29 Å². The van der Waals surface area contributed by atoms with Crippen molar-refractivity contribution in [2.75, 3.05) is 0 Å². The fourth-order valence-corrected chi connectivity index (χ4v) is 0.167. The third-order valence-corrected chi connectivity index (χ3v) is 0.853. The molecule has 0 aromatic rings. The molecule has 0 radical (unpaired) electrons. The van der Waals surface area contributed by atoms with Gasteiger partial charge in [0, 0.05) is 0 Å². The normalized spacial score (nSPS) is 15.5. The summed E-state index contributed by atoms with van der Waals surface area (Å²) in [6.07, 6.45) is -0.970. The van der Waals surface area contributed by atoms with E-state index in [1.165, 1.54) is 13.8 Å². The number of hydrogen-bond donors (Lipinski definition) is 2. The molecule has 0 saturated carbocycles. The topological polar surface area (TPSA) is 57.5 Å². The van der Waals surface area contributed by atoms with Crippen LogP contribution in [0.1, 0.15) is 13.8 Å². The molecular formula is C5H10O3. The van der Waals surface area contributed by atoms with Gasteiger partial charge in [-0.25, -0.2) is 0 Å². The summed E-state index contributed by atoms with van der Waals surface area (Å²) >= 11 is 0. The molecule has 0 bridgehead atoms. The molecule has 3 nitrogen and oxygen atoms in total. The molecular weight excluding hydrogens is 108 g/mol. The summed E-state index contributed by atoms with van der Waals surface area (Å²) in [5, 5.41) is 17.4. The lowest BCUT2D eigenvalue weighted by Gasteiger charge is -2.18. The van der Waals surface area contributed by atoms with Gasteiger partial charge in [0.1, 0.15) is 6.10 Å². The van der Waals surface area contributed by atoms with Crippen LogP contribution in [0.3, 0.4) is 0 Å². The van der Waals surface area contributed by atoms with Crippen LogP contribution >= 0.6 is 0 Å².